The van der Waals surface area contributed by atoms with Crippen molar-refractivity contribution < 1.29 is 9.53 Å². The smallest absolute Gasteiger partial charge is 0.238 e. The summed E-state index contributed by atoms with van der Waals surface area (Å²) < 4.78 is 4.89. The molecule has 0 saturated carbocycles. The summed E-state index contributed by atoms with van der Waals surface area (Å²) in [5, 5.41) is 0. The molecule has 0 aliphatic heterocycles. The number of amides is 1. The average Bonchev–Trinajstić information content (AvgIpc) is 1.99. The third-order valence-electron chi connectivity index (χ3n) is 1.84. The maximum atomic E-state index is 10.9. The van der Waals surface area contributed by atoms with Crippen LogP contribution >= 0.6 is 0 Å². The largest absolute Gasteiger partial charge is 0.383 e. The van der Waals surface area contributed by atoms with Gasteiger partial charge >= 0.3 is 0 Å². The van der Waals surface area contributed by atoms with Gasteiger partial charge in [0.15, 0.2) is 0 Å². The lowest BCUT2D eigenvalue weighted by atomic mass is 10.0. The molecular formula is C8H19N3O2. The number of hydrogen-bond donors (Lipinski definition) is 2. The molecule has 0 spiro atoms. The first kappa shape index (κ1) is 12.3. The van der Waals surface area contributed by atoms with E-state index in [4.69, 9.17) is 16.2 Å². The zero-order valence-electron chi connectivity index (χ0n) is 8.54. The number of carbonyl (C=O) groups excluding carboxylic acids is 1. The minimum atomic E-state index is -0.970. The zero-order valence-corrected chi connectivity index (χ0v) is 8.54. The van der Waals surface area contributed by atoms with Crippen LogP contribution < -0.4 is 11.5 Å². The summed E-state index contributed by atoms with van der Waals surface area (Å²) >= 11 is 0. The molecule has 78 valence electrons. The number of nitrogens with two attached hydrogens (primary N) is 2. The maximum Gasteiger partial charge on any atom is 0.238 e. The van der Waals surface area contributed by atoms with Crippen molar-refractivity contribution in [3.63, 3.8) is 0 Å². The first-order valence-electron chi connectivity index (χ1n) is 4.16. The molecule has 1 unspecified atom stereocenters. The van der Waals surface area contributed by atoms with E-state index in [0.717, 1.165) is 6.54 Å². The topological polar surface area (TPSA) is 81.6 Å². The van der Waals surface area contributed by atoms with Gasteiger partial charge in [-0.3, -0.25) is 4.79 Å². The highest BCUT2D eigenvalue weighted by atomic mass is 16.5. The van der Waals surface area contributed by atoms with Crippen LogP contribution in [-0.4, -0.2) is 50.2 Å². The van der Waals surface area contributed by atoms with Crippen molar-refractivity contribution in [3.8, 4) is 0 Å². The minimum Gasteiger partial charge on any atom is -0.383 e. The SMILES string of the molecule is COCCN(C)CC(C)(N)C(N)=O. The Balaban J connectivity index is 3.89. The van der Waals surface area contributed by atoms with Crippen LogP contribution in [0, 0.1) is 0 Å². The minimum absolute atomic E-state index is 0.436. The second-order valence-electron chi connectivity index (χ2n) is 3.51. The van der Waals surface area contributed by atoms with Crippen LogP contribution in [0.25, 0.3) is 0 Å². The third kappa shape index (κ3) is 4.82. The summed E-state index contributed by atoms with van der Waals surface area (Å²) in [6, 6.07) is 0. The van der Waals surface area contributed by atoms with Crippen LogP contribution in [0.5, 0.6) is 0 Å². The highest BCUT2D eigenvalue weighted by Crippen LogP contribution is 2.00. The van der Waals surface area contributed by atoms with Crippen LogP contribution in [0.3, 0.4) is 0 Å². The number of methoxy groups -OCH3 is 1. The van der Waals surface area contributed by atoms with Crippen molar-refractivity contribution in [1.29, 1.82) is 0 Å². The summed E-state index contributed by atoms with van der Waals surface area (Å²) in [6.07, 6.45) is 0. The Morgan fingerprint density at radius 2 is 2.15 bits per heavy atom. The molecule has 5 nitrogen and oxygen atoms in total. The molecule has 0 aromatic carbocycles. The van der Waals surface area contributed by atoms with Gasteiger partial charge in [-0.1, -0.05) is 0 Å². The Kier molecular flexibility index (Phi) is 4.90. The lowest BCUT2D eigenvalue weighted by molar-refractivity contribution is -0.123. The van der Waals surface area contributed by atoms with Crippen molar-refractivity contribution in [2.75, 3.05) is 33.9 Å². The Morgan fingerprint density at radius 1 is 1.62 bits per heavy atom. The number of ether oxygens (including phenoxy) is 1. The van der Waals surface area contributed by atoms with Crippen molar-refractivity contribution in [2.24, 2.45) is 11.5 Å². The van der Waals surface area contributed by atoms with Gasteiger partial charge in [0.05, 0.1) is 6.61 Å². The molecular weight excluding hydrogens is 170 g/mol. The van der Waals surface area contributed by atoms with Crippen molar-refractivity contribution >= 4 is 5.91 Å². The fraction of sp³-hybridized carbons (Fsp3) is 0.875. The van der Waals surface area contributed by atoms with E-state index in [0.29, 0.717) is 13.2 Å². The number of primary amides is 1. The monoisotopic (exact) mass is 189 g/mol. The number of likely N-dealkylation sites (N-methyl/N-ethyl adjacent to an activating group) is 1. The molecule has 0 bridgehead atoms. The molecule has 13 heavy (non-hydrogen) atoms. The molecule has 0 aliphatic rings. The van der Waals surface area contributed by atoms with Crippen molar-refractivity contribution in [3.05, 3.63) is 0 Å². The average molecular weight is 189 g/mol. The Morgan fingerprint density at radius 3 is 2.54 bits per heavy atom. The highest BCUT2D eigenvalue weighted by molar-refractivity contribution is 5.84. The summed E-state index contributed by atoms with van der Waals surface area (Å²) in [5.74, 6) is -0.489. The second kappa shape index (κ2) is 5.16. The van der Waals surface area contributed by atoms with E-state index in [1.165, 1.54) is 0 Å². The Labute approximate surface area is 79.0 Å². The van der Waals surface area contributed by atoms with Gasteiger partial charge in [0.25, 0.3) is 0 Å². The molecule has 1 atom stereocenters. The number of rotatable bonds is 6. The van der Waals surface area contributed by atoms with Gasteiger partial charge in [-0.2, -0.15) is 0 Å². The molecule has 0 aliphatic carbocycles. The van der Waals surface area contributed by atoms with Crippen LogP contribution in [0.2, 0.25) is 0 Å². The van der Waals surface area contributed by atoms with Crippen molar-refractivity contribution in [2.45, 2.75) is 12.5 Å². The molecule has 4 N–H and O–H groups in total. The lowest BCUT2D eigenvalue weighted by Crippen LogP contribution is -2.56. The fourth-order valence-electron chi connectivity index (χ4n) is 0.965. The Bertz CT molecular complexity index is 171. The second-order valence-corrected chi connectivity index (χ2v) is 3.51. The first-order chi connectivity index (χ1) is 5.90. The summed E-state index contributed by atoms with van der Waals surface area (Å²) in [7, 11) is 3.50. The predicted octanol–water partition coefficient (Wildman–Crippen LogP) is -1.23. The van der Waals surface area contributed by atoms with Crippen LogP contribution in [0.4, 0.5) is 0 Å². The number of hydrogen-bond acceptors (Lipinski definition) is 4. The molecule has 0 saturated heterocycles. The van der Waals surface area contributed by atoms with E-state index in [9.17, 15) is 4.79 Å². The molecule has 0 fully saturated rings. The summed E-state index contributed by atoms with van der Waals surface area (Å²) in [4.78, 5) is 12.8. The van der Waals surface area contributed by atoms with Gasteiger partial charge in [-0.15, -0.1) is 0 Å². The van der Waals surface area contributed by atoms with Crippen LogP contribution in [0.15, 0.2) is 0 Å². The summed E-state index contributed by atoms with van der Waals surface area (Å²) in [6.45, 7) is 3.41. The van der Waals surface area contributed by atoms with E-state index in [1.807, 2.05) is 11.9 Å². The first-order valence-corrected chi connectivity index (χ1v) is 4.16. The maximum absolute atomic E-state index is 10.9. The van der Waals surface area contributed by atoms with Gasteiger partial charge in [0, 0.05) is 20.2 Å². The highest BCUT2D eigenvalue weighted by Gasteiger charge is 2.26. The normalized spacial score (nSPS) is 15.8. The molecule has 0 aromatic rings. The molecule has 0 rings (SSSR count). The van der Waals surface area contributed by atoms with E-state index in [2.05, 4.69) is 0 Å². The van der Waals surface area contributed by atoms with Gasteiger partial charge < -0.3 is 21.1 Å². The van der Waals surface area contributed by atoms with E-state index in [-0.39, 0.29) is 0 Å². The lowest BCUT2D eigenvalue weighted by Gasteiger charge is -2.26. The zero-order chi connectivity index (χ0) is 10.5. The van der Waals surface area contributed by atoms with Crippen LogP contribution in [0.1, 0.15) is 6.92 Å². The van der Waals surface area contributed by atoms with Gasteiger partial charge in [-0.25, -0.2) is 0 Å². The van der Waals surface area contributed by atoms with Gasteiger partial charge in [-0.05, 0) is 14.0 Å². The molecule has 0 heterocycles. The molecule has 0 aromatic heterocycles. The van der Waals surface area contributed by atoms with Crippen molar-refractivity contribution in [1.82, 2.24) is 4.90 Å². The predicted molar refractivity (Wildman–Crippen MR) is 51.2 cm³/mol. The number of carbonyl (C=O) groups is 1. The fourth-order valence-corrected chi connectivity index (χ4v) is 0.965. The number of nitrogens with zero attached hydrogens (tertiary/aromatic N) is 1. The summed E-state index contributed by atoms with van der Waals surface area (Å²) in [5.41, 5.74) is 9.83. The molecule has 1 amide bonds. The van der Waals surface area contributed by atoms with E-state index >= 15 is 0 Å². The van der Waals surface area contributed by atoms with Crippen LogP contribution in [-0.2, 0) is 9.53 Å². The molecule has 0 radical (unpaired) electrons. The third-order valence-corrected chi connectivity index (χ3v) is 1.84. The standard InChI is InChI=1S/C8H19N3O2/c1-8(10,7(9)12)6-11(2)4-5-13-3/h4-6,10H2,1-3H3,(H2,9,12). The quantitative estimate of drug-likeness (QED) is 0.548. The Hall–Kier alpha value is -0.650. The molecule has 5 heteroatoms. The van der Waals surface area contributed by atoms with E-state index in [1.54, 1.807) is 14.0 Å². The van der Waals surface area contributed by atoms with Gasteiger partial charge in [0.2, 0.25) is 5.91 Å². The van der Waals surface area contributed by atoms with E-state index < -0.39 is 11.4 Å². The van der Waals surface area contributed by atoms with Gasteiger partial charge in [0.1, 0.15) is 5.54 Å².